The third-order valence-corrected chi connectivity index (χ3v) is 4.17. The van der Waals surface area contributed by atoms with E-state index in [4.69, 9.17) is 14.2 Å². The molecule has 0 N–H and O–H groups in total. The average molecular weight is 378 g/mol. The van der Waals surface area contributed by atoms with Crippen molar-refractivity contribution in [1.29, 1.82) is 0 Å². The lowest BCUT2D eigenvalue weighted by Crippen LogP contribution is -2.08. The minimum atomic E-state index is -0.458. The van der Waals surface area contributed by atoms with Crippen molar-refractivity contribution < 1.29 is 19.0 Å². The molecule has 0 atom stereocenters. The van der Waals surface area contributed by atoms with Gasteiger partial charge in [-0.3, -0.25) is 0 Å². The van der Waals surface area contributed by atoms with Gasteiger partial charge in [-0.15, -0.1) is 6.58 Å². The molecule has 0 amide bonds. The van der Waals surface area contributed by atoms with Gasteiger partial charge in [-0.2, -0.15) is 5.10 Å². The van der Waals surface area contributed by atoms with E-state index in [2.05, 4.69) is 11.7 Å². The van der Waals surface area contributed by atoms with Gasteiger partial charge in [0.15, 0.2) is 11.5 Å². The number of nitrogens with zero attached hydrogens (tertiary/aromatic N) is 2. The van der Waals surface area contributed by atoms with Gasteiger partial charge in [-0.05, 0) is 36.8 Å². The molecular formula is C22H22N2O4. The lowest BCUT2D eigenvalue weighted by Gasteiger charge is -2.14. The fraction of sp³-hybridized carbons (Fsp3) is 0.182. The van der Waals surface area contributed by atoms with Crippen LogP contribution in [0.2, 0.25) is 0 Å². The molecule has 6 nitrogen and oxygen atoms in total. The molecule has 0 unspecified atom stereocenters. The van der Waals surface area contributed by atoms with E-state index >= 15 is 0 Å². The van der Waals surface area contributed by atoms with E-state index in [1.807, 2.05) is 42.6 Å². The molecule has 0 aliphatic rings. The van der Waals surface area contributed by atoms with E-state index in [0.29, 0.717) is 29.2 Å². The zero-order valence-electron chi connectivity index (χ0n) is 15.9. The minimum absolute atomic E-state index is 0.0732. The topological polar surface area (TPSA) is 62.6 Å². The molecule has 6 heteroatoms. The number of aromatic nitrogens is 2. The van der Waals surface area contributed by atoms with Crippen LogP contribution in [0.4, 0.5) is 0 Å². The number of hydrogen-bond donors (Lipinski definition) is 0. The summed E-state index contributed by atoms with van der Waals surface area (Å²) in [5.41, 5.74) is 2.78. The van der Waals surface area contributed by atoms with Gasteiger partial charge in [-0.1, -0.05) is 24.3 Å². The number of allylic oxidation sites excluding steroid dienone is 1. The summed E-state index contributed by atoms with van der Waals surface area (Å²) in [7, 11) is 3.09. The second-order valence-electron chi connectivity index (χ2n) is 6.03. The van der Waals surface area contributed by atoms with E-state index in [1.54, 1.807) is 30.0 Å². The van der Waals surface area contributed by atoms with Crippen molar-refractivity contribution in [3.05, 3.63) is 84.2 Å². The molecule has 0 saturated heterocycles. The maximum atomic E-state index is 12.5. The van der Waals surface area contributed by atoms with Crippen LogP contribution in [-0.2, 0) is 17.8 Å². The van der Waals surface area contributed by atoms with Gasteiger partial charge in [-0.25, -0.2) is 9.48 Å². The predicted molar refractivity (Wildman–Crippen MR) is 106 cm³/mol. The van der Waals surface area contributed by atoms with Crippen molar-refractivity contribution in [2.75, 3.05) is 14.2 Å². The van der Waals surface area contributed by atoms with Crippen LogP contribution in [0.5, 0.6) is 11.5 Å². The molecule has 144 valence electrons. The summed E-state index contributed by atoms with van der Waals surface area (Å²) >= 11 is 0. The van der Waals surface area contributed by atoms with Crippen LogP contribution < -0.4 is 9.47 Å². The van der Waals surface area contributed by atoms with Gasteiger partial charge in [0.25, 0.3) is 0 Å². The van der Waals surface area contributed by atoms with Gasteiger partial charge in [0.2, 0.25) is 0 Å². The van der Waals surface area contributed by atoms with Crippen LogP contribution in [0.3, 0.4) is 0 Å². The lowest BCUT2D eigenvalue weighted by molar-refractivity contribution is 0.0466. The van der Waals surface area contributed by atoms with Gasteiger partial charge in [0, 0.05) is 11.8 Å². The van der Waals surface area contributed by atoms with E-state index < -0.39 is 5.97 Å². The summed E-state index contributed by atoms with van der Waals surface area (Å²) in [5, 5.41) is 4.44. The van der Waals surface area contributed by atoms with Gasteiger partial charge < -0.3 is 14.2 Å². The predicted octanol–water partition coefficient (Wildman–Crippen LogP) is 3.98. The highest BCUT2D eigenvalue weighted by molar-refractivity contribution is 5.90. The zero-order valence-corrected chi connectivity index (χ0v) is 15.9. The third-order valence-electron chi connectivity index (χ3n) is 4.17. The van der Waals surface area contributed by atoms with Crippen LogP contribution >= 0.6 is 0 Å². The molecular weight excluding hydrogens is 356 g/mol. The summed E-state index contributed by atoms with van der Waals surface area (Å²) in [4.78, 5) is 12.5. The molecule has 0 aliphatic heterocycles. The highest BCUT2D eigenvalue weighted by atomic mass is 16.5. The molecule has 3 rings (SSSR count). The van der Waals surface area contributed by atoms with Crippen molar-refractivity contribution in [2.45, 2.75) is 13.0 Å². The number of esters is 1. The normalized spacial score (nSPS) is 10.4. The Morgan fingerprint density at radius 1 is 1.14 bits per heavy atom. The Hall–Kier alpha value is -3.54. The van der Waals surface area contributed by atoms with Crippen LogP contribution in [0.15, 0.2) is 67.4 Å². The van der Waals surface area contributed by atoms with Crippen molar-refractivity contribution in [3.63, 3.8) is 0 Å². The monoisotopic (exact) mass is 378 g/mol. The van der Waals surface area contributed by atoms with Crippen molar-refractivity contribution in [3.8, 4) is 17.2 Å². The summed E-state index contributed by atoms with van der Waals surface area (Å²) < 4.78 is 17.9. The van der Waals surface area contributed by atoms with E-state index in [0.717, 1.165) is 11.3 Å². The molecule has 3 aromatic rings. The Morgan fingerprint density at radius 3 is 2.61 bits per heavy atom. The minimum Gasteiger partial charge on any atom is -0.493 e. The summed E-state index contributed by atoms with van der Waals surface area (Å²) in [6.45, 7) is 3.81. The van der Waals surface area contributed by atoms with Gasteiger partial charge in [0.1, 0.15) is 12.3 Å². The number of ether oxygens (including phenoxy) is 3. The van der Waals surface area contributed by atoms with Gasteiger partial charge >= 0.3 is 5.97 Å². The molecule has 0 radical (unpaired) electrons. The number of hydrogen-bond acceptors (Lipinski definition) is 5. The van der Waals surface area contributed by atoms with E-state index in [-0.39, 0.29) is 6.61 Å². The quantitative estimate of drug-likeness (QED) is 0.438. The van der Waals surface area contributed by atoms with Crippen molar-refractivity contribution >= 4 is 5.97 Å². The smallest absolute Gasteiger partial charge is 0.338 e. The van der Waals surface area contributed by atoms with Crippen molar-refractivity contribution in [2.24, 2.45) is 0 Å². The highest BCUT2D eigenvalue weighted by Crippen LogP contribution is 2.33. The summed E-state index contributed by atoms with van der Waals surface area (Å²) in [6.07, 6.45) is 4.11. The van der Waals surface area contributed by atoms with Crippen LogP contribution in [0.25, 0.3) is 5.69 Å². The van der Waals surface area contributed by atoms with Crippen molar-refractivity contribution in [1.82, 2.24) is 9.78 Å². The van der Waals surface area contributed by atoms with Gasteiger partial charge in [0.05, 0.1) is 25.5 Å². The molecule has 0 bridgehead atoms. The number of carbonyl (C=O) groups excluding carboxylic acids is 1. The first-order valence-corrected chi connectivity index (χ1v) is 8.79. The summed E-state index contributed by atoms with van der Waals surface area (Å²) in [5.74, 6) is 0.600. The average Bonchev–Trinajstić information content (AvgIpc) is 3.21. The van der Waals surface area contributed by atoms with Crippen LogP contribution in [0, 0.1) is 0 Å². The molecule has 28 heavy (non-hydrogen) atoms. The first-order valence-electron chi connectivity index (χ1n) is 8.79. The first kappa shape index (κ1) is 19.2. The Labute approximate surface area is 164 Å². The standard InChI is InChI=1S/C22H22N2O4/c1-4-8-16-13-17(14-20(26-2)21(16)27-3)22(25)28-15-18-11-12-24(23-18)19-9-6-5-7-10-19/h4-7,9-14H,1,8,15H2,2-3H3. The highest BCUT2D eigenvalue weighted by Gasteiger charge is 2.17. The Balaban J connectivity index is 1.74. The zero-order chi connectivity index (χ0) is 19.9. The second-order valence-corrected chi connectivity index (χ2v) is 6.03. The largest absolute Gasteiger partial charge is 0.493 e. The second kappa shape index (κ2) is 8.90. The van der Waals surface area contributed by atoms with E-state index in [1.165, 1.54) is 7.11 Å². The number of para-hydroxylation sites is 1. The van der Waals surface area contributed by atoms with Crippen LogP contribution in [-0.4, -0.2) is 30.0 Å². The maximum Gasteiger partial charge on any atom is 0.338 e. The molecule has 1 heterocycles. The fourth-order valence-corrected chi connectivity index (χ4v) is 2.85. The molecule has 0 aliphatic carbocycles. The molecule has 0 saturated carbocycles. The SMILES string of the molecule is C=CCc1cc(C(=O)OCc2ccn(-c3ccccc3)n2)cc(OC)c1OC. The molecule has 0 spiro atoms. The number of benzene rings is 2. The first-order chi connectivity index (χ1) is 13.7. The molecule has 1 aromatic heterocycles. The number of carbonyl (C=O) groups is 1. The Morgan fingerprint density at radius 2 is 1.93 bits per heavy atom. The Bertz CT molecular complexity index is 964. The number of rotatable bonds is 8. The van der Waals surface area contributed by atoms with Crippen LogP contribution in [0.1, 0.15) is 21.6 Å². The fourth-order valence-electron chi connectivity index (χ4n) is 2.85. The lowest BCUT2D eigenvalue weighted by atomic mass is 10.1. The maximum absolute atomic E-state index is 12.5. The van der Waals surface area contributed by atoms with E-state index in [9.17, 15) is 4.79 Å². The molecule has 2 aromatic carbocycles. The third kappa shape index (κ3) is 4.23. The Kier molecular flexibility index (Phi) is 6.11. The summed E-state index contributed by atoms with van der Waals surface area (Å²) in [6, 6.07) is 14.9. The molecule has 0 fully saturated rings. The number of methoxy groups -OCH3 is 2.